The number of hydrogen-bond donors (Lipinski definition) is 1. The first-order valence-corrected chi connectivity index (χ1v) is 8.08. The summed E-state index contributed by atoms with van der Waals surface area (Å²) >= 11 is 0. The zero-order chi connectivity index (χ0) is 14.4. The molecule has 3 rings (SSSR count). The Morgan fingerprint density at radius 3 is 2.55 bits per heavy atom. The highest BCUT2D eigenvalue weighted by Gasteiger charge is 2.60. The van der Waals surface area contributed by atoms with E-state index in [0.29, 0.717) is 17.2 Å². The van der Waals surface area contributed by atoms with E-state index in [-0.39, 0.29) is 11.7 Å². The summed E-state index contributed by atoms with van der Waals surface area (Å²) in [4.78, 5) is 14.9. The highest BCUT2D eigenvalue weighted by molar-refractivity contribution is 5.91. The van der Waals surface area contributed by atoms with E-state index in [1.165, 1.54) is 12.8 Å². The van der Waals surface area contributed by atoms with Crippen molar-refractivity contribution in [2.45, 2.75) is 64.1 Å². The Labute approximate surface area is 122 Å². The normalized spacial score (nSPS) is 29.5. The average Bonchev–Trinajstić information content (AvgIpc) is 3.28. The Bertz CT molecular complexity index is 386. The van der Waals surface area contributed by atoms with E-state index in [4.69, 9.17) is 4.74 Å². The number of carbonyl (C=O) groups is 1. The lowest BCUT2D eigenvalue weighted by Crippen LogP contribution is -2.42. The van der Waals surface area contributed by atoms with Crippen LogP contribution in [0.25, 0.3) is 0 Å². The molecule has 0 aromatic rings. The molecule has 0 bridgehead atoms. The van der Waals surface area contributed by atoms with Crippen molar-refractivity contribution >= 4 is 5.91 Å². The molecule has 3 aliphatic rings. The molecule has 20 heavy (non-hydrogen) atoms. The second-order valence-corrected chi connectivity index (χ2v) is 7.55. The summed E-state index contributed by atoms with van der Waals surface area (Å²) in [6.07, 6.45) is 6.97. The number of methoxy groups -OCH3 is 1. The molecular weight excluding hydrogens is 252 g/mol. The highest BCUT2D eigenvalue weighted by atomic mass is 16.5. The van der Waals surface area contributed by atoms with Gasteiger partial charge in [0, 0.05) is 20.3 Å². The summed E-state index contributed by atoms with van der Waals surface area (Å²) in [5.41, 5.74) is 0.180. The van der Waals surface area contributed by atoms with Crippen LogP contribution in [0.2, 0.25) is 0 Å². The van der Waals surface area contributed by atoms with Gasteiger partial charge < -0.3 is 9.64 Å². The van der Waals surface area contributed by atoms with Crippen molar-refractivity contribution in [1.29, 1.82) is 0 Å². The monoisotopic (exact) mass is 280 g/mol. The third-order valence-corrected chi connectivity index (χ3v) is 5.23. The number of rotatable bonds is 7. The Morgan fingerprint density at radius 2 is 2.05 bits per heavy atom. The fraction of sp³-hybridized carbons (Fsp3) is 0.938. The molecule has 1 aliphatic heterocycles. The third-order valence-electron chi connectivity index (χ3n) is 5.23. The second-order valence-electron chi connectivity index (χ2n) is 7.55. The lowest BCUT2D eigenvalue weighted by atomic mass is 10.0. The number of nitrogens with zero attached hydrogens (tertiary/aromatic N) is 1. The number of hydrogen-bond acceptors (Lipinski definition) is 3. The zero-order valence-corrected chi connectivity index (χ0v) is 13.1. The van der Waals surface area contributed by atoms with Crippen molar-refractivity contribution < 1.29 is 9.53 Å². The molecule has 2 aliphatic carbocycles. The van der Waals surface area contributed by atoms with Crippen LogP contribution in [0.4, 0.5) is 0 Å². The molecule has 1 heterocycles. The van der Waals surface area contributed by atoms with E-state index >= 15 is 0 Å². The Kier molecular flexibility index (Phi) is 3.57. The first-order valence-electron chi connectivity index (χ1n) is 8.08. The van der Waals surface area contributed by atoms with Gasteiger partial charge in [-0.25, -0.2) is 0 Å². The zero-order valence-electron chi connectivity index (χ0n) is 13.1. The van der Waals surface area contributed by atoms with Crippen LogP contribution in [0, 0.1) is 11.3 Å². The predicted molar refractivity (Wildman–Crippen MR) is 78.2 cm³/mol. The number of nitrogens with one attached hydrogen (secondary N) is 1. The molecule has 0 radical (unpaired) electrons. The van der Waals surface area contributed by atoms with Gasteiger partial charge in [0.1, 0.15) is 0 Å². The molecule has 1 unspecified atom stereocenters. The van der Waals surface area contributed by atoms with E-state index in [1.807, 2.05) is 0 Å². The van der Waals surface area contributed by atoms with E-state index in [2.05, 4.69) is 24.1 Å². The molecule has 1 N–H and O–H groups in total. The molecule has 3 fully saturated rings. The summed E-state index contributed by atoms with van der Waals surface area (Å²) in [6, 6.07) is 0. The molecule has 4 heteroatoms. The average molecular weight is 280 g/mol. The van der Waals surface area contributed by atoms with Crippen molar-refractivity contribution in [3.8, 4) is 0 Å². The van der Waals surface area contributed by atoms with Crippen molar-refractivity contribution in [3.63, 3.8) is 0 Å². The van der Waals surface area contributed by atoms with Crippen LogP contribution in [0.15, 0.2) is 0 Å². The predicted octanol–water partition coefficient (Wildman–Crippen LogP) is 2.14. The third kappa shape index (κ3) is 2.60. The van der Waals surface area contributed by atoms with Gasteiger partial charge >= 0.3 is 0 Å². The summed E-state index contributed by atoms with van der Waals surface area (Å²) in [7, 11) is 1.76. The van der Waals surface area contributed by atoms with E-state index in [0.717, 1.165) is 38.8 Å². The van der Waals surface area contributed by atoms with Crippen molar-refractivity contribution in [2.24, 2.45) is 11.3 Å². The van der Waals surface area contributed by atoms with Gasteiger partial charge in [-0.2, -0.15) is 0 Å². The molecule has 0 aromatic carbocycles. The van der Waals surface area contributed by atoms with Crippen LogP contribution in [-0.2, 0) is 9.53 Å². The summed E-state index contributed by atoms with van der Waals surface area (Å²) in [5, 5.41) is 3.62. The molecule has 1 saturated heterocycles. The van der Waals surface area contributed by atoms with Crippen LogP contribution in [0.3, 0.4) is 0 Å². The van der Waals surface area contributed by atoms with Gasteiger partial charge in [-0.05, 0) is 49.9 Å². The molecule has 1 atom stereocenters. The van der Waals surface area contributed by atoms with Crippen LogP contribution < -0.4 is 5.32 Å². The minimum absolute atomic E-state index is 0.170. The molecule has 2 saturated carbocycles. The van der Waals surface area contributed by atoms with Gasteiger partial charge in [-0.1, -0.05) is 13.8 Å². The van der Waals surface area contributed by atoms with Crippen LogP contribution in [0.5, 0.6) is 0 Å². The van der Waals surface area contributed by atoms with Crippen molar-refractivity contribution in [1.82, 2.24) is 10.2 Å². The van der Waals surface area contributed by atoms with Crippen LogP contribution in [0.1, 0.15) is 52.4 Å². The maximum atomic E-state index is 12.7. The van der Waals surface area contributed by atoms with E-state index in [9.17, 15) is 4.79 Å². The molecular formula is C16H28N2O2. The Balaban J connectivity index is 1.67. The summed E-state index contributed by atoms with van der Waals surface area (Å²) in [6.45, 7) is 6.22. The Hall–Kier alpha value is -0.610. The number of amides is 1. The van der Waals surface area contributed by atoms with E-state index < -0.39 is 0 Å². The van der Waals surface area contributed by atoms with Crippen molar-refractivity contribution in [3.05, 3.63) is 0 Å². The fourth-order valence-corrected chi connectivity index (χ4v) is 3.52. The lowest BCUT2D eigenvalue weighted by molar-refractivity contribution is -0.131. The minimum Gasteiger partial charge on any atom is -0.385 e. The van der Waals surface area contributed by atoms with Crippen LogP contribution in [-0.4, -0.2) is 42.8 Å². The van der Waals surface area contributed by atoms with Crippen molar-refractivity contribution in [2.75, 3.05) is 20.3 Å². The smallest absolute Gasteiger partial charge is 0.244 e. The van der Waals surface area contributed by atoms with E-state index in [1.54, 1.807) is 7.11 Å². The quantitative estimate of drug-likeness (QED) is 0.777. The molecule has 114 valence electrons. The largest absolute Gasteiger partial charge is 0.385 e. The molecule has 1 amide bonds. The standard InChI is InChI=1S/C16H28N2O2/c1-12(2)10-13-17-16(6-7-16)14(19)18(13)11-15(4-5-15)8-9-20-3/h12-13,17H,4-11H2,1-3H3. The van der Waals surface area contributed by atoms with Crippen LogP contribution >= 0.6 is 0 Å². The summed E-state index contributed by atoms with van der Waals surface area (Å²) in [5.74, 6) is 0.984. The second kappa shape index (κ2) is 4.99. The van der Waals surface area contributed by atoms with Gasteiger partial charge in [0.25, 0.3) is 0 Å². The first-order chi connectivity index (χ1) is 9.50. The molecule has 4 nitrogen and oxygen atoms in total. The lowest BCUT2D eigenvalue weighted by Gasteiger charge is -2.29. The minimum atomic E-state index is -0.170. The van der Waals surface area contributed by atoms with Gasteiger partial charge in [-0.15, -0.1) is 0 Å². The van der Waals surface area contributed by atoms with Gasteiger partial charge in [-0.3, -0.25) is 10.1 Å². The number of carbonyl (C=O) groups excluding carboxylic acids is 1. The maximum Gasteiger partial charge on any atom is 0.244 e. The summed E-state index contributed by atoms with van der Waals surface area (Å²) < 4.78 is 5.23. The molecule has 0 aromatic heterocycles. The van der Waals surface area contributed by atoms with Gasteiger partial charge in [0.2, 0.25) is 5.91 Å². The molecule has 1 spiro atoms. The maximum absolute atomic E-state index is 12.7. The fourth-order valence-electron chi connectivity index (χ4n) is 3.52. The Morgan fingerprint density at radius 1 is 1.35 bits per heavy atom. The van der Waals surface area contributed by atoms with Gasteiger partial charge in [0.15, 0.2) is 0 Å². The SMILES string of the molecule is COCCC1(CN2C(=O)C3(CC3)NC2CC(C)C)CC1. The first kappa shape index (κ1) is 14.3. The topological polar surface area (TPSA) is 41.6 Å². The number of ether oxygens (including phenoxy) is 1. The van der Waals surface area contributed by atoms with Gasteiger partial charge in [0.05, 0.1) is 11.7 Å². The highest BCUT2D eigenvalue weighted by Crippen LogP contribution is 2.52.